The normalized spacial score (nSPS) is 28.1. The molecule has 0 aliphatic carbocycles. The van der Waals surface area contributed by atoms with Crippen LogP contribution >= 0.6 is 0 Å². The fourth-order valence-electron chi connectivity index (χ4n) is 3.43. The van der Waals surface area contributed by atoms with E-state index in [9.17, 15) is 20.4 Å². The molecule has 7 heteroatoms. The number of anilines is 1. The van der Waals surface area contributed by atoms with Crippen LogP contribution in [-0.4, -0.2) is 57.2 Å². The number of hydrogen-bond donors (Lipinski definition) is 5. The minimum Gasteiger partial charge on any atom is -0.462 e. The Labute approximate surface area is 170 Å². The van der Waals surface area contributed by atoms with Gasteiger partial charge in [-0.3, -0.25) is 0 Å². The van der Waals surface area contributed by atoms with Gasteiger partial charge in [0.1, 0.15) is 30.2 Å². The van der Waals surface area contributed by atoms with Gasteiger partial charge in [0.2, 0.25) is 6.29 Å². The standard InChI is InChI=1S/C22H29NO6/c1-3-13-4-6-14(7-5-13)10-15-8-9-16(23)11-17(15)28-22-20(27)18(25)19(26)21(29-22)12(2)24/h4-9,11-12,18-22,24-27H,3,10,23H2,1-2H3/t12-,18+,19+,20-,21-,22-/m1/s1. The molecule has 1 saturated heterocycles. The molecule has 2 aromatic rings. The van der Waals surface area contributed by atoms with Gasteiger partial charge in [-0.15, -0.1) is 0 Å². The lowest BCUT2D eigenvalue weighted by Gasteiger charge is -2.41. The molecule has 0 unspecified atom stereocenters. The van der Waals surface area contributed by atoms with Crippen LogP contribution in [0.25, 0.3) is 0 Å². The summed E-state index contributed by atoms with van der Waals surface area (Å²) in [5.41, 5.74) is 9.54. The minimum atomic E-state index is -1.51. The molecule has 1 heterocycles. The molecule has 6 N–H and O–H groups in total. The Morgan fingerprint density at radius 3 is 2.28 bits per heavy atom. The average molecular weight is 403 g/mol. The van der Waals surface area contributed by atoms with E-state index in [0.717, 1.165) is 17.5 Å². The van der Waals surface area contributed by atoms with Gasteiger partial charge in [0.05, 0.1) is 6.10 Å². The monoisotopic (exact) mass is 403 g/mol. The van der Waals surface area contributed by atoms with Crippen LogP contribution < -0.4 is 10.5 Å². The summed E-state index contributed by atoms with van der Waals surface area (Å²) in [6.07, 6.45) is -6.31. The van der Waals surface area contributed by atoms with Gasteiger partial charge in [-0.1, -0.05) is 37.3 Å². The van der Waals surface area contributed by atoms with Gasteiger partial charge in [0, 0.05) is 18.2 Å². The number of aryl methyl sites for hydroxylation is 1. The summed E-state index contributed by atoms with van der Waals surface area (Å²) in [7, 11) is 0. The summed E-state index contributed by atoms with van der Waals surface area (Å²) in [4.78, 5) is 0. The maximum absolute atomic E-state index is 10.3. The van der Waals surface area contributed by atoms with Gasteiger partial charge in [-0.2, -0.15) is 0 Å². The fourth-order valence-corrected chi connectivity index (χ4v) is 3.43. The van der Waals surface area contributed by atoms with E-state index in [2.05, 4.69) is 31.2 Å². The smallest absolute Gasteiger partial charge is 0.229 e. The second kappa shape index (κ2) is 9.11. The van der Waals surface area contributed by atoms with Crippen LogP contribution in [0.4, 0.5) is 5.69 Å². The Bertz CT molecular complexity index is 809. The largest absolute Gasteiger partial charge is 0.462 e. The predicted octanol–water partition coefficient (Wildman–Crippen LogP) is 0.989. The van der Waals surface area contributed by atoms with E-state index in [1.54, 1.807) is 12.1 Å². The number of aliphatic hydroxyl groups excluding tert-OH is 4. The first-order chi connectivity index (χ1) is 13.8. The molecular formula is C22H29NO6. The van der Waals surface area contributed by atoms with Gasteiger partial charge in [0.25, 0.3) is 0 Å². The topological polar surface area (TPSA) is 125 Å². The van der Waals surface area contributed by atoms with Gasteiger partial charge in [-0.05, 0) is 36.1 Å². The summed E-state index contributed by atoms with van der Waals surface area (Å²) in [5, 5.41) is 40.3. The molecule has 158 valence electrons. The molecule has 7 nitrogen and oxygen atoms in total. The summed E-state index contributed by atoms with van der Waals surface area (Å²) in [6.45, 7) is 3.53. The minimum absolute atomic E-state index is 0.404. The van der Waals surface area contributed by atoms with Crippen molar-refractivity contribution >= 4 is 5.69 Å². The van der Waals surface area contributed by atoms with E-state index in [1.165, 1.54) is 12.5 Å². The van der Waals surface area contributed by atoms with E-state index < -0.39 is 36.8 Å². The number of ether oxygens (including phenoxy) is 2. The van der Waals surface area contributed by atoms with E-state index in [1.807, 2.05) is 6.07 Å². The summed E-state index contributed by atoms with van der Waals surface area (Å²) < 4.78 is 11.4. The maximum Gasteiger partial charge on any atom is 0.229 e. The van der Waals surface area contributed by atoms with Crippen LogP contribution in [0.2, 0.25) is 0 Å². The van der Waals surface area contributed by atoms with Crippen LogP contribution in [0.1, 0.15) is 30.5 Å². The zero-order valence-electron chi connectivity index (χ0n) is 16.6. The van der Waals surface area contributed by atoms with Crippen molar-refractivity contribution in [2.24, 2.45) is 0 Å². The van der Waals surface area contributed by atoms with Crippen molar-refractivity contribution in [3.05, 3.63) is 59.2 Å². The van der Waals surface area contributed by atoms with Crippen molar-refractivity contribution in [1.82, 2.24) is 0 Å². The predicted molar refractivity (Wildman–Crippen MR) is 108 cm³/mol. The van der Waals surface area contributed by atoms with Crippen molar-refractivity contribution in [2.45, 2.75) is 63.5 Å². The van der Waals surface area contributed by atoms with E-state index in [4.69, 9.17) is 15.2 Å². The lowest BCUT2D eigenvalue weighted by Crippen LogP contribution is -2.61. The van der Waals surface area contributed by atoms with Gasteiger partial charge < -0.3 is 35.6 Å². The molecule has 29 heavy (non-hydrogen) atoms. The molecular weight excluding hydrogens is 374 g/mol. The van der Waals surface area contributed by atoms with E-state index >= 15 is 0 Å². The number of benzene rings is 2. The molecule has 0 bridgehead atoms. The van der Waals surface area contributed by atoms with Crippen molar-refractivity contribution in [1.29, 1.82) is 0 Å². The molecule has 1 aliphatic heterocycles. The first-order valence-electron chi connectivity index (χ1n) is 9.80. The van der Waals surface area contributed by atoms with Crippen molar-refractivity contribution in [2.75, 3.05) is 5.73 Å². The Kier molecular flexibility index (Phi) is 6.77. The molecule has 1 fully saturated rings. The van der Waals surface area contributed by atoms with Crippen molar-refractivity contribution in [3.63, 3.8) is 0 Å². The Hall–Kier alpha value is -2.16. The second-order valence-electron chi connectivity index (χ2n) is 7.51. The maximum atomic E-state index is 10.3. The number of nitrogens with two attached hydrogens (primary N) is 1. The molecule has 2 aromatic carbocycles. The lowest BCUT2D eigenvalue weighted by atomic mass is 9.96. The lowest BCUT2D eigenvalue weighted by molar-refractivity contribution is -0.286. The summed E-state index contributed by atoms with van der Waals surface area (Å²) >= 11 is 0. The summed E-state index contributed by atoms with van der Waals surface area (Å²) in [5.74, 6) is 0.404. The molecule has 0 amide bonds. The van der Waals surface area contributed by atoms with Crippen LogP contribution in [0.3, 0.4) is 0 Å². The van der Waals surface area contributed by atoms with Crippen molar-refractivity contribution < 1.29 is 29.9 Å². The molecule has 0 aromatic heterocycles. The number of nitrogen functional groups attached to an aromatic ring is 1. The van der Waals surface area contributed by atoms with E-state index in [0.29, 0.717) is 17.9 Å². The van der Waals surface area contributed by atoms with Crippen LogP contribution in [-0.2, 0) is 17.6 Å². The van der Waals surface area contributed by atoms with Gasteiger partial charge in [0.15, 0.2) is 0 Å². The average Bonchev–Trinajstić information content (AvgIpc) is 2.70. The van der Waals surface area contributed by atoms with Crippen LogP contribution in [0.15, 0.2) is 42.5 Å². The van der Waals surface area contributed by atoms with Crippen LogP contribution in [0, 0.1) is 0 Å². The number of rotatable bonds is 6. The third-order valence-corrected chi connectivity index (χ3v) is 5.24. The van der Waals surface area contributed by atoms with E-state index in [-0.39, 0.29) is 0 Å². The quantitative estimate of drug-likeness (QED) is 0.456. The Morgan fingerprint density at radius 2 is 1.66 bits per heavy atom. The molecule has 0 spiro atoms. The zero-order chi connectivity index (χ0) is 21.1. The highest BCUT2D eigenvalue weighted by Gasteiger charge is 2.46. The Morgan fingerprint density at radius 1 is 1.00 bits per heavy atom. The Balaban J connectivity index is 1.83. The van der Waals surface area contributed by atoms with Crippen molar-refractivity contribution in [3.8, 4) is 5.75 Å². The summed E-state index contributed by atoms with van der Waals surface area (Å²) in [6, 6.07) is 13.5. The first-order valence-corrected chi connectivity index (χ1v) is 9.80. The molecule has 3 rings (SSSR count). The third kappa shape index (κ3) is 4.88. The third-order valence-electron chi connectivity index (χ3n) is 5.24. The number of aliphatic hydroxyl groups is 4. The zero-order valence-corrected chi connectivity index (χ0v) is 16.6. The molecule has 0 radical (unpaired) electrons. The second-order valence-corrected chi connectivity index (χ2v) is 7.51. The number of hydrogen-bond acceptors (Lipinski definition) is 7. The molecule has 1 aliphatic rings. The van der Waals surface area contributed by atoms with Gasteiger partial charge >= 0.3 is 0 Å². The van der Waals surface area contributed by atoms with Gasteiger partial charge in [-0.25, -0.2) is 0 Å². The molecule has 0 saturated carbocycles. The van der Waals surface area contributed by atoms with Crippen LogP contribution in [0.5, 0.6) is 5.75 Å². The highest BCUT2D eigenvalue weighted by Crippen LogP contribution is 2.30. The SMILES string of the molecule is CCc1ccc(Cc2ccc(N)cc2O[C@@H]2O[C@H]([C@@H](C)O)[C@@H](O)[C@H](O)[C@H]2O)cc1. The highest BCUT2D eigenvalue weighted by atomic mass is 16.7. The molecule has 6 atom stereocenters. The fraction of sp³-hybridized carbons (Fsp3) is 0.455. The highest BCUT2D eigenvalue weighted by molar-refractivity contribution is 5.50. The first kappa shape index (κ1) is 21.5.